The van der Waals surface area contributed by atoms with Gasteiger partial charge in [-0.05, 0) is 42.8 Å². The minimum atomic E-state index is -0.175. The van der Waals surface area contributed by atoms with Gasteiger partial charge < -0.3 is 15.0 Å². The first-order valence-corrected chi connectivity index (χ1v) is 9.58. The van der Waals surface area contributed by atoms with Gasteiger partial charge in [-0.15, -0.1) is 0 Å². The van der Waals surface area contributed by atoms with E-state index in [1.54, 1.807) is 24.3 Å². The van der Waals surface area contributed by atoms with Crippen molar-refractivity contribution in [1.29, 1.82) is 0 Å². The highest BCUT2D eigenvalue weighted by atomic mass is 16.5. The van der Waals surface area contributed by atoms with E-state index in [1.165, 1.54) is 0 Å². The lowest BCUT2D eigenvalue weighted by Crippen LogP contribution is -2.34. The second-order valence-electron chi connectivity index (χ2n) is 7.04. The Bertz CT molecular complexity index is 1020. The molecular weight excluding hydrogens is 364 g/mol. The molecule has 0 aromatic heterocycles. The largest absolute Gasteiger partial charge is 0.483 e. The molecule has 1 N–H and O–H groups in total. The van der Waals surface area contributed by atoms with E-state index in [2.05, 4.69) is 5.32 Å². The molecule has 0 fully saturated rings. The molecule has 1 aliphatic heterocycles. The average Bonchev–Trinajstić information content (AvgIpc) is 2.93. The maximum atomic E-state index is 12.7. The molecule has 1 heterocycles. The van der Waals surface area contributed by atoms with E-state index in [0.29, 0.717) is 23.5 Å². The zero-order valence-corrected chi connectivity index (χ0v) is 16.2. The average molecular weight is 386 g/mol. The van der Waals surface area contributed by atoms with E-state index in [4.69, 9.17) is 4.74 Å². The summed E-state index contributed by atoms with van der Waals surface area (Å²) < 4.78 is 5.72. The topological polar surface area (TPSA) is 58.6 Å². The Morgan fingerprint density at radius 1 is 1.00 bits per heavy atom. The van der Waals surface area contributed by atoms with E-state index < -0.39 is 0 Å². The first-order chi connectivity index (χ1) is 14.1. The number of carbonyl (C=O) groups excluding carboxylic acids is 2. The third kappa shape index (κ3) is 4.14. The van der Waals surface area contributed by atoms with Crippen LogP contribution < -0.4 is 10.1 Å². The number of ether oxygens (including phenoxy) is 1. The summed E-state index contributed by atoms with van der Waals surface area (Å²) >= 11 is 0. The molecule has 5 nitrogen and oxygen atoms in total. The van der Waals surface area contributed by atoms with Crippen molar-refractivity contribution in [2.75, 3.05) is 11.9 Å². The fourth-order valence-corrected chi connectivity index (χ4v) is 3.47. The fourth-order valence-electron chi connectivity index (χ4n) is 3.47. The molecule has 0 bridgehead atoms. The lowest BCUT2D eigenvalue weighted by molar-refractivity contribution is -0.135. The van der Waals surface area contributed by atoms with Crippen LogP contribution in [0.2, 0.25) is 0 Å². The zero-order chi connectivity index (χ0) is 20.2. The highest BCUT2D eigenvalue weighted by molar-refractivity contribution is 6.04. The quantitative estimate of drug-likeness (QED) is 0.722. The number of fused-ring (bicyclic) bond motifs is 1. The molecule has 0 spiro atoms. The molecular formula is C24H22N2O3. The van der Waals surface area contributed by atoms with Gasteiger partial charge in [0.05, 0.1) is 12.6 Å². The number of hydrogen-bond acceptors (Lipinski definition) is 3. The Balaban J connectivity index is 1.57. The lowest BCUT2D eigenvalue weighted by Gasteiger charge is -2.28. The lowest BCUT2D eigenvalue weighted by atomic mass is 10.1. The second kappa shape index (κ2) is 8.19. The normalized spacial score (nSPS) is 14.4. The predicted molar refractivity (Wildman–Crippen MR) is 112 cm³/mol. The highest BCUT2D eigenvalue weighted by Crippen LogP contribution is 2.31. The van der Waals surface area contributed by atoms with Crippen LogP contribution in [0.1, 0.15) is 34.5 Å². The first kappa shape index (κ1) is 18.7. The Labute approximate surface area is 169 Å². The first-order valence-electron chi connectivity index (χ1n) is 9.58. The van der Waals surface area contributed by atoms with Crippen LogP contribution in [-0.2, 0) is 11.3 Å². The number of rotatable bonds is 4. The minimum Gasteiger partial charge on any atom is -0.483 e. The number of hydrogen-bond donors (Lipinski definition) is 1. The van der Waals surface area contributed by atoms with Gasteiger partial charge in [0.25, 0.3) is 11.8 Å². The van der Waals surface area contributed by atoms with E-state index in [1.807, 2.05) is 66.4 Å². The number of anilines is 1. The zero-order valence-electron chi connectivity index (χ0n) is 16.2. The van der Waals surface area contributed by atoms with Gasteiger partial charge in [0, 0.05) is 16.8 Å². The van der Waals surface area contributed by atoms with E-state index >= 15 is 0 Å². The smallest absolute Gasteiger partial charge is 0.261 e. The number of amides is 2. The van der Waals surface area contributed by atoms with Crippen LogP contribution in [-0.4, -0.2) is 23.3 Å². The van der Waals surface area contributed by atoms with Crippen molar-refractivity contribution in [2.24, 2.45) is 0 Å². The highest BCUT2D eigenvalue weighted by Gasteiger charge is 2.26. The van der Waals surface area contributed by atoms with Crippen molar-refractivity contribution in [2.45, 2.75) is 19.5 Å². The van der Waals surface area contributed by atoms with Crippen LogP contribution >= 0.6 is 0 Å². The van der Waals surface area contributed by atoms with Crippen LogP contribution in [0.5, 0.6) is 5.75 Å². The molecule has 2 amide bonds. The van der Waals surface area contributed by atoms with Gasteiger partial charge in [-0.1, -0.05) is 48.5 Å². The molecule has 1 atom stereocenters. The molecule has 1 aliphatic rings. The summed E-state index contributed by atoms with van der Waals surface area (Å²) in [5.41, 5.74) is 3.19. The Morgan fingerprint density at radius 3 is 2.41 bits per heavy atom. The maximum Gasteiger partial charge on any atom is 0.261 e. The standard InChI is InChI=1S/C24H22N2O3/c1-17(18-8-4-2-5-9-18)26-15-20-14-21(12-13-22(20)29-16-23(26)27)25-24(28)19-10-6-3-7-11-19/h2-14,17H,15-16H2,1H3,(H,25,28). The summed E-state index contributed by atoms with van der Waals surface area (Å²) in [6.07, 6.45) is 0. The van der Waals surface area contributed by atoms with Crippen LogP contribution in [0, 0.1) is 0 Å². The van der Waals surface area contributed by atoms with Crippen molar-refractivity contribution in [3.63, 3.8) is 0 Å². The third-order valence-corrected chi connectivity index (χ3v) is 5.12. The van der Waals surface area contributed by atoms with Crippen LogP contribution in [0.3, 0.4) is 0 Å². The van der Waals surface area contributed by atoms with Crippen molar-refractivity contribution < 1.29 is 14.3 Å². The van der Waals surface area contributed by atoms with Crippen LogP contribution in [0.25, 0.3) is 0 Å². The Kier molecular flexibility index (Phi) is 5.29. The molecule has 5 heteroatoms. The molecule has 146 valence electrons. The molecule has 3 aromatic carbocycles. The fraction of sp³-hybridized carbons (Fsp3) is 0.167. The predicted octanol–water partition coefficient (Wildman–Crippen LogP) is 4.42. The van der Waals surface area contributed by atoms with Crippen molar-refractivity contribution >= 4 is 17.5 Å². The number of carbonyl (C=O) groups is 2. The second-order valence-corrected chi connectivity index (χ2v) is 7.04. The molecule has 0 saturated heterocycles. The number of nitrogens with one attached hydrogen (secondary N) is 1. The summed E-state index contributed by atoms with van der Waals surface area (Å²) in [7, 11) is 0. The van der Waals surface area contributed by atoms with Gasteiger partial charge in [0.2, 0.25) is 0 Å². The van der Waals surface area contributed by atoms with E-state index in [9.17, 15) is 9.59 Å². The van der Waals surface area contributed by atoms with Crippen LogP contribution in [0.4, 0.5) is 5.69 Å². The Hall–Kier alpha value is -3.60. The van der Waals surface area contributed by atoms with Crippen molar-refractivity contribution in [3.05, 3.63) is 95.6 Å². The van der Waals surface area contributed by atoms with Gasteiger partial charge in [0.1, 0.15) is 5.75 Å². The molecule has 0 radical (unpaired) electrons. The van der Waals surface area contributed by atoms with Gasteiger partial charge in [-0.3, -0.25) is 9.59 Å². The van der Waals surface area contributed by atoms with E-state index in [0.717, 1.165) is 11.1 Å². The number of benzene rings is 3. The van der Waals surface area contributed by atoms with Gasteiger partial charge >= 0.3 is 0 Å². The van der Waals surface area contributed by atoms with Gasteiger partial charge in [-0.25, -0.2) is 0 Å². The molecule has 0 saturated carbocycles. The van der Waals surface area contributed by atoms with Crippen LogP contribution in [0.15, 0.2) is 78.9 Å². The summed E-state index contributed by atoms with van der Waals surface area (Å²) in [5.74, 6) is 0.428. The van der Waals surface area contributed by atoms with Gasteiger partial charge in [0.15, 0.2) is 6.61 Å². The summed E-state index contributed by atoms with van der Waals surface area (Å²) in [5, 5.41) is 2.92. The summed E-state index contributed by atoms with van der Waals surface area (Å²) in [6, 6.07) is 24.4. The van der Waals surface area contributed by atoms with Gasteiger partial charge in [-0.2, -0.15) is 0 Å². The molecule has 29 heavy (non-hydrogen) atoms. The molecule has 0 aliphatic carbocycles. The Morgan fingerprint density at radius 2 is 1.69 bits per heavy atom. The molecule has 1 unspecified atom stereocenters. The summed E-state index contributed by atoms with van der Waals surface area (Å²) in [6.45, 7) is 2.43. The summed E-state index contributed by atoms with van der Waals surface area (Å²) in [4.78, 5) is 26.9. The minimum absolute atomic E-state index is 0.000104. The number of nitrogens with zero attached hydrogens (tertiary/aromatic N) is 1. The SMILES string of the molecule is CC(c1ccccc1)N1Cc2cc(NC(=O)c3ccccc3)ccc2OCC1=O. The monoisotopic (exact) mass is 386 g/mol. The van der Waals surface area contributed by atoms with Crippen molar-refractivity contribution in [1.82, 2.24) is 4.90 Å². The molecule has 4 rings (SSSR count). The maximum absolute atomic E-state index is 12.7. The van der Waals surface area contributed by atoms with Crippen molar-refractivity contribution in [3.8, 4) is 5.75 Å². The third-order valence-electron chi connectivity index (χ3n) is 5.12. The molecule has 3 aromatic rings. The van der Waals surface area contributed by atoms with E-state index in [-0.39, 0.29) is 24.5 Å².